The van der Waals surface area contributed by atoms with Gasteiger partial charge in [0.05, 0.1) is 12.2 Å². The van der Waals surface area contributed by atoms with Crippen molar-refractivity contribution in [1.29, 1.82) is 0 Å². The minimum atomic E-state index is -0.172. The summed E-state index contributed by atoms with van der Waals surface area (Å²) in [5.41, 5.74) is 5.02. The smallest absolute Gasteiger partial charge is 0.255 e. The van der Waals surface area contributed by atoms with Crippen LogP contribution in [-0.4, -0.2) is 21.1 Å². The molecule has 1 amide bonds. The second kappa shape index (κ2) is 7.61. The van der Waals surface area contributed by atoms with Gasteiger partial charge in [0.15, 0.2) is 0 Å². The topological polar surface area (TPSA) is 90.6 Å². The average molecular weight is 362 g/mol. The molecule has 3 N–H and O–H groups in total. The summed E-state index contributed by atoms with van der Waals surface area (Å²) < 4.78 is 0. The molecule has 138 valence electrons. The van der Waals surface area contributed by atoms with Crippen LogP contribution in [-0.2, 0) is 19.4 Å². The molecule has 2 aromatic heterocycles. The van der Waals surface area contributed by atoms with Gasteiger partial charge in [0.1, 0.15) is 0 Å². The maximum atomic E-state index is 12.6. The van der Waals surface area contributed by atoms with Gasteiger partial charge in [-0.1, -0.05) is 18.6 Å². The highest BCUT2D eigenvalue weighted by Gasteiger charge is 2.16. The number of H-pyrrole nitrogens is 2. The molecule has 1 aromatic carbocycles. The van der Waals surface area contributed by atoms with Gasteiger partial charge in [0, 0.05) is 23.0 Å². The molecular weight excluding hydrogens is 340 g/mol. The molecule has 6 heteroatoms. The highest BCUT2D eigenvalue weighted by Crippen LogP contribution is 2.22. The first-order valence-corrected chi connectivity index (χ1v) is 9.34. The van der Waals surface area contributed by atoms with Gasteiger partial charge < -0.3 is 10.3 Å². The van der Waals surface area contributed by atoms with Crippen LogP contribution in [0.2, 0.25) is 0 Å². The fourth-order valence-corrected chi connectivity index (χ4v) is 3.62. The third kappa shape index (κ3) is 3.69. The zero-order chi connectivity index (χ0) is 18.6. The summed E-state index contributed by atoms with van der Waals surface area (Å²) in [6, 6.07) is 10.6. The predicted octanol–water partition coefficient (Wildman–Crippen LogP) is 2.96. The Morgan fingerprint density at radius 2 is 2.00 bits per heavy atom. The van der Waals surface area contributed by atoms with Crippen LogP contribution in [0.3, 0.4) is 0 Å². The van der Waals surface area contributed by atoms with Crippen LogP contribution < -0.4 is 10.9 Å². The standard InChI is InChI=1S/C21H22N4O2/c26-20(23-13-19-17-8-2-1-3-10-18(17)24-25-19)15-7-4-6-14(12-15)16-9-5-11-22-21(16)27/h4-7,9,11-12H,1-3,8,10,13H2,(H,22,27)(H,23,26)(H,24,25). The van der Waals surface area contributed by atoms with Crippen molar-refractivity contribution in [3.8, 4) is 11.1 Å². The third-order valence-corrected chi connectivity index (χ3v) is 5.06. The second-order valence-corrected chi connectivity index (χ2v) is 6.86. The molecule has 0 radical (unpaired) electrons. The van der Waals surface area contributed by atoms with E-state index in [1.807, 2.05) is 6.07 Å². The monoisotopic (exact) mass is 362 g/mol. The summed E-state index contributed by atoms with van der Waals surface area (Å²) in [5, 5.41) is 10.5. The van der Waals surface area contributed by atoms with E-state index < -0.39 is 0 Å². The zero-order valence-corrected chi connectivity index (χ0v) is 15.0. The lowest BCUT2D eigenvalue weighted by atomic mass is 10.0. The Kier molecular flexibility index (Phi) is 4.87. The fraction of sp³-hybridized carbons (Fsp3) is 0.286. The number of nitrogens with zero attached hydrogens (tertiary/aromatic N) is 1. The molecule has 0 atom stereocenters. The molecule has 0 fully saturated rings. The first kappa shape index (κ1) is 17.3. The van der Waals surface area contributed by atoms with Crippen molar-refractivity contribution in [3.05, 3.63) is 75.5 Å². The van der Waals surface area contributed by atoms with Gasteiger partial charge >= 0.3 is 0 Å². The van der Waals surface area contributed by atoms with Crippen molar-refractivity contribution < 1.29 is 4.79 Å². The molecule has 0 spiro atoms. The van der Waals surface area contributed by atoms with Crippen LogP contribution in [0.4, 0.5) is 0 Å². The molecule has 2 heterocycles. The number of carbonyl (C=O) groups excluding carboxylic acids is 1. The lowest BCUT2D eigenvalue weighted by molar-refractivity contribution is 0.0950. The highest BCUT2D eigenvalue weighted by molar-refractivity contribution is 5.95. The molecule has 27 heavy (non-hydrogen) atoms. The van der Waals surface area contributed by atoms with Crippen molar-refractivity contribution in [2.75, 3.05) is 0 Å². The summed E-state index contributed by atoms with van der Waals surface area (Å²) in [5.74, 6) is -0.172. The maximum absolute atomic E-state index is 12.6. The summed E-state index contributed by atoms with van der Waals surface area (Å²) in [7, 11) is 0. The fourth-order valence-electron chi connectivity index (χ4n) is 3.62. The Bertz CT molecular complexity index is 1020. The number of hydrogen-bond acceptors (Lipinski definition) is 3. The number of rotatable bonds is 4. The average Bonchev–Trinajstić information content (AvgIpc) is 2.92. The molecule has 3 aromatic rings. The molecule has 4 rings (SSSR count). The van der Waals surface area contributed by atoms with E-state index in [0.29, 0.717) is 17.7 Å². The Hall–Kier alpha value is -3.15. The lowest BCUT2D eigenvalue weighted by Gasteiger charge is -2.07. The van der Waals surface area contributed by atoms with E-state index in [1.165, 1.54) is 30.5 Å². The van der Waals surface area contributed by atoms with Crippen LogP contribution in [0.1, 0.15) is 46.6 Å². The quantitative estimate of drug-likeness (QED) is 0.623. The number of aromatic nitrogens is 3. The van der Waals surface area contributed by atoms with Crippen LogP contribution in [0, 0.1) is 0 Å². The van der Waals surface area contributed by atoms with Crippen molar-refractivity contribution in [1.82, 2.24) is 20.5 Å². The van der Waals surface area contributed by atoms with Crippen LogP contribution >= 0.6 is 0 Å². The van der Waals surface area contributed by atoms with Crippen LogP contribution in [0.25, 0.3) is 11.1 Å². The van der Waals surface area contributed by atoms with E-state index in [4.69, 9.17) is 0 Å². The predicted molar refractivity (Wildman–Crippen MR) is 104 cm³/mol. The summed E-state index contributed by atoms with van der Waals surface area (Å²) >= 11 is 0. The zero-order valence-electron chi connectivity index (χ0n) is 15.0. The van der Waals surface area contributed by atoms with Crippen LogP contribution in [0.5, 0.6) is 0 Å². The molecule has 1 aliphatic rings. The Morgan fingerprint density at radius 1 is 1.11 bits per heavy atom. The number of amides is 1. The van der Waals surface area contributed by atoms with Gasteiger partial charge in [-0.3, -0.25) is 14.7 Å². The van der Waals surface area contributed by atoms with Gasteiger partial charge in [0.25, 0.3) is 11.5 Å². The molecular formula is C21H22N4O2. The van der Waals surface area contributed by atoms with Crippen molar-refractivity contribution >= 4 is 5.91 Å². The number of fused-ring (bicyclic) bond motifs is 1. The lowest BCUT2D eigenvalue weighted by Crippen LogP contribution is -2.23. The number of nitrogens with one attached hydrogen (secondary N) is 3. The van der Waals surface area contributed by atoms with Gasteiger partial charge in [-0.15, -0.1) is 0 Å². The first-order chi connectivity index (χ1) is 13.2. The first-order valence-electron chi connectivity index (χ1n) is 9.34. The Balaban J connectivity index is 1.50. The van der Waals surface area contributed by atoms with E-state index in [0.717, 1.165) is 24.1 Å². The summed E-state index contributed by atoms with van der Waals surface area (Å²) in [6.07, 6.45) is 7.23. The Labute approximate surface area is 157 Å². The van der Waals surface area contributed by atoms with Gasteiger partial charge in [-0.05, 0) is 61.1 Å². The highest BCUT2D eigenvalue weighted by atomic mass is 16.1. The van der Waals surface area contributed by atoms with Gasteiger partial charge in [-0.2, -0.15) is 5.10 Å². The molecule has 0 saturated heterocycles. The van der Waals surface area contributed by atoms with Crippen molar-refractivity contribution in [2.45, 2.75) is 38.6 Å². The number of benzene rings is 1. The van der Waals surface area contributed by atoms with Crippen LogP contribution in [0.15, 0.2) is 47.4 Å². The van der Waals surface area contributed by atoms with E-state index in [9.17, 15) is 9.59 Å². The second-order valence-electron chi connectivity index (χ2n) is 6.86. The molecule has 0 aliphatic heterocycles. The van der Waals surface area contributed by atoms with Crippen molar-refractivity contribution in [2.24, 2.45) is 0 Å². The molecule has 1 aliphatic carbocycles. The molecule has 0 saturated carbocycles. The molecule has 6 nitrogen and oxygen atoms in total. The number of pyridine rings is 1. The van der Waals surface area contributed by atoms with E-state index in [1.54, 1.807) is 36.5 Å². The summed E-state index contributed by atoms with van der Waals surface area (Å²) in [6.45, 7) is 0.404. The summed E-state index contributed by atoms with van der Waals surface area (Å²) in [4.78, 5) is 27.2. The Morgan fingerprint density at radius 3 is 2.89 bits per heavy atom. The van der Waals surface area contributed by atoms with E-state index >= 15 is 0 Å². The largest absolute Gasteiger partial charge is 0.346 e. The maximum Gasteiger partial charge on any atom is 0.255 e. The minimum absolute atomic E-state index is 0.172. The molecule has 0 unspecified atom stereocenters. The number of carbonyl (C=O) groups is 1. The van der Waals surface area contributed by atoms with Crippen molar-refractivity contribution in [3.63, 3.8) is 0 Å². The number of aryl methyl sites for hydroxylation is 1. The van der Waals surface area contributed by atoms with Gasteiger partial charge in [-0.25, -0.2) is 0 Å². The minimum Gasteiger partial charge on any atom is -0.346 e. The number of aromatic amines is 2. The van der Waals surface area contributed by atoms with E-state index in [-0.39, 0.29) is 11.5 Å². The SMILES string of the molecule is O=C(NCc1n[nH]c2c1CCCCC2)c1cccc(-c2ccc[nH]c2=O)c1. The number of hydrogen-bond donors (Lipinski definition) is 3. The third-order valence-electron chi connectivity index (χ3n) is 5.06. The van der Waals surface area contributed by atoms with E-state index in [2.05, 4.69) is 20.5 Å². The normalized spacial score (nSPS) is 13.6. The molecule has 0 bridgehead atoms. The van der Waals surface area contributed by atoms with Gasteiger partial charge in [0.2, 0.25) is 0 Å².